The highest BCUT2D eigenvalue weighted by atomic mass is 16.5. The fourth-order valence-electron chi connectivity index (χ4n) is 4.71. The molecule has 116 valence electrons. The fraction of sp³-hybridized carbons (Fsp3) is 0.706. The van der Waals surface area contributed by atoms with Crippen LogP contribution in [-0.4, -0.2) is 19.1 Å². The summed E-state index contributed by atoms with van der Waals surface area (Å²) in [5.41, 5.74) is 1.20. The Morgan fingerprint density at radius 1 is 1.48 bits per heavy atom. The van der Waals surface area contributed by atoms with Gasteiger partial charge in [-0.05, 0) is 42.1 Å². The molecule has 3 atom stereocenters. The van der Waals surface area contributed by atoms with Gasteiger partial charge < -0.3 is 14.5 Å². The van der Waals surface area contributed by atoms with E-state index in [-0.39, 0.29) is 5.97 Å². The van der Waals surface area contributed by atoms with Gasteiger partial charge in [0.2, 0.25) is 0 Å². The number of hydrogen-bond acceptors (Lipinski definition) is 4. The van der Waals surface area contributed by atoms with Crippen molar-refractivity contribution in [3.63, 3.8) is 0 Å². The van der Waals surface area contributed by atoms with Gasteiger partial charge in [0, 0.05) is 6.04 Å². The zero-order chi connectivity index (χ0) is 15.3. The number of fused-ring (bicyclic) bond motifs is 2. The first-order chi connectivity index (χ1) is 9.87. The van der Waals surface area contributed by atoms with Crippen LogP contribution in [0.3, 0.4) is 0 Å². The maximum atomic E-state index is 11.4. The Kier molecular flexibility index (Phi) is 3.40. The molecule has 0 amide bonds. The number of furan rings is 1. The summed E-state index contributed by atoms with van der Waals surface area (Å²) in [6, 6.07) is 2.26. The minimum atomic E-state index is -0.350. The molecule has 4 heteroatoms. The minimum Gasteiger partial charge on any atom is -0.467 e. The molecular weight excluding hydrogens is 266 g/mol. The van der Waals surface area contributed by atoms with Gasteiger partial charge in [-0.15, -0.1) is 0 Å². The van der Waals surface area contributed by atoms with Crippen LogP contribution in [0, 0.1) is 16.7 Å². The lowest BCUT2D eigenvalue weighted by Gasteiger charge is -2.43. The van der Waals surface area contributed by atoms with Crippen molar-refractivity contribution in [2.45, 2.75) is 52.6 Å². The number of rotatable bonds is 4. The number of carbonyl (C=O) groups is 1. The Bertz CT molecular complexity index is 543. The molecule has 1 aromatic heterocycles. The Morgan fingerprint density at radius 2 is 2.24 bits per heavy atom. The van der Waals surface area contributed by atoms with E-state index in [0.29, 0.717) is 29.0 Å². The van der Waals surface area contributed by atoms with E-state index >= 15 is 0 Å². The quantitative estimate of drug-likeness (QED) is 0.864. The third-order valence-corrected chi connectivity index (χ3v) is 5.83. The Morgan fingerprint density at radius 3 is 2.86 bits per heavy atom. The van der Waals surface area contributed by atoms with Crippen molar-refractivity contribution in [1.82, 2.24) is 5.32 Å². The number of nitrogens with one attached hydrogen (secondary N) is 1. The average molecular weight is 291 g/mol. The highest BCUT2D eigenvalue weighted by Crippen LogP contribution is 2.62. The first-order valence-electron chi connectivity index (χ1n) is 7.76. The largest absolute Gasteiger partial charge is 0.467 e. The van der Waals surface area contributed by atoms with Gasteiger partial charge in [0.25, 0.3) is 0 Å². The molecule has 0 saturated heterocycles. The second-order valence-electron chi connectivity index (χ2n) is 7.52. The van der Waals surface area contributed by atoms with E-state index in [9.17, 15) is 4.79 Å². The van der Waals surface area contributed by atoms with E-state index < -0.39 is 0 Å². The number of hydrogen-bond donors (Lipinski definition) is 1. The molecule has 4 nitrogen and oxygen atoms in total. The van der Waals surface area contributed by atoms with Gasteiger partial charge >= 0.3 is 5.97 Å². The van der Waals surface area contributed by atoms with Gasteiger partial charge in [-0.25, -0.2) is 4.79 Å². The monoisotopic (exact) mass is 291 g/mol. The van der Waals surface area contributed by atoms with E-state index in [1.165, 1.54) is 32.6 Å². The third-order valence-electron chi connectivity index (χ3n) is 5.83. The molecule has 2 aliphatic carbocycles. The molecule has 2 bridgehead atoms. The van der Waals surface area contributed by atoms with E-state index in [4.69, 9.17) is 9.15 Å². The van der Waals surface area contributed by atoms with Crippen molar-refractivity contribution in [3.8, 4) is 0 Å². The smallest absolute Gasteiger partial charge is 0.341 e. The van der Waals surface area contributed by atoms with Crippen LogP contribution in [0.15, 0.2) is 16.7 Å². The third kappa shape index (κ3) is 2.30. The number of methoxy groups -OCH3 is 1. The van der Waals surface area contributed by atoms with Gasteiger partial charge in [0.15, 0.2) is 0 Å². The second kappa shape index (κ2) is 4.87. The molecule has 1 N–H and O–H groups in total. The van der Waals surface area contributed by atoms with Gasteiger partial charge in [-0.2, -0.15) is 0 Å². The molecule has 21 heavy (non-hydrogen) atoms. The van der Waals surface area contributed by atoms with Crippen LogP contribution in [0.5, 0.6) is 0 Å². The SMILES string of the molecule is COC(=O)c1coc(CNC2C3(C)CCC(C3)C2(C)C)c1. The number of carbonyl (C=O) groups excluding carboxylic acids is 1. The summed E-state index contributed by atoms with van der Waals surface area (Å²) >= 11 is 0. The fourth-order valence-corrected chi connectivity index (χ4v) is 4.71. The Balaban J connectivity index is 1.68. The van der Waals surface area contributed by atoms with Crippen LogP contribution in [0.1, 0.15) is 56.2 Å². The first kappa shape index (κ1) is 14.6. The van der Waals surface area contributed by atoms with Gasteiger partial charge in [-0.3, -0.25) is 0 Å². The maximum absolute atomic E-state index is 11.4. The molecule has 3 rings (SSSR count). The summed E-state index contributed by atoms with van der Waals surface area (Å²) in [5, 5.41) is 3.68. The van der Waals surface area contributed by atoms with E-state index in [1.807, 2.05) is 0 Å². The molecule has 1 heterocycles. The standard InChI is InChI=1S/C17H25NO3/c1-16(2)12-5-6-17(3,8-12)15(16)18-9-13-7-11(10-21-13)14(19)20-4/h7,10,12,15,18H,5-6,8-9H2,1-4H3. The van der Waals surface area contributed by atoms with Crippen molar-refractivity contribution in [2.75, 3.05) is 7.11 Å². The van der Waals surface area contributed by atoms with Crippen molar-refractivity contribution < 1.29 is 13.9 Å². The average Bonchev–Trinajstić information content (AvgIpc) is 3.08. The molecule has 2 aliphatic rings. The van der Waals surface area contributed by atoms with E-state index in [1.54, 1.807) is 6.07 Å². The molecular formula is C17H25NO3. The van der Waals surface area contributed by atoms with E-state index in [0.717, 1.165) is 11.7 Å². The molecule has 3 unspecified atom stereocenters. The molecule has 2 fully saturated rings. The molecule has 0 aliphatic heterocycles. The van der Waals surface area contributed by atoms with Gasteiger partial charge in [0.1, 0.15) is 12.0 Å². The lowest BCUT2D eigenvalue weighted by Crippen LogP contribution is -2.49. The summed E-state index contributed by atoms with van der Waals surface area (Å²) in [5.74, 6) is 1.26. The highest BCUT2D eigenvalue weighted by Gasteiger charge is 2.58. The normalized spacial score (nSPS) is 33.3. The van der Waals surface area contributed by atoms with Crippen molar-refractivity contribution in [1.29, 1.82) is 0 Å². The lowest BCUT2D eigenvalue weighted by molar-refractivity contribution is 0.0600. The summed E-state index contributed by atoms with van der Waals surface area (Å²) < 4.78 is 10.2. The Hall–Kier alpha value is -1.29. The predicted molar refractivity (Wildman–Crippen MR) is 79.9 cm³/mol. The van der Waals surface area contributed by atoms with Crippen LogP contribution >= 0.6 is 0 Å². The molecule has 2 saturated carbocycles. The molecule has 0 aromatic carbocycles. The second-order valence-corrected chi connectivity index (χ2v) is 7.52. The molecule has 1 aromatic rings. The summed E-state index contributed by atoms with van der Waals surface area (Å²) in [7, 11) is 1.38. The summed E-state index contributed by atoms with van der Waals surface area (Å²) in [6.45, 7) is 7.82. The summed E-state index contributed by atoms with van der Waals surface area (Å²) in [6.07, 6.45) is 5.46. The predicted octanol–water partition coefficient (Wildman–Crippen LogP) is 3.37. The van der Waals surface area contributed by atoms with Crippen molar-refractivity contribution in [3.05, 3.63) is 23.7 Å². The van der Waals surface area contributed by atoms with Crippen LogP contribution in [0.4, 0.5) is 0 Å². The van der Waals surface area contributed by atoms with E-state index in [2.05, 4.69) is 26.1 Å². The van der Waals surface area contributed by atoms with Crippen molar-refractivity contribution >= 4 is 5.97 Å². The van der Waals surface area contributed by atoms with Crippen molar-refractivity contribution in [2.24, 2.45) is 16.7 Å². The first-order valence-corrected chi connectivity index (χ1v) is 7.76. The van der Waals surface area contributed by atoms with Crippen LogP contribution in [0.25, 0.3) is 0 Å². The zero-order valence-electron chi connectivity index (χ0n) is 13.4. The van der Waals surface area contributed by atoms with Crippen LogP contribution in [0.2, 0.25) is 0 Å². The molecule has 0 radical (unpaired) electrons. The minimum absolute atomic E-state index is 0.324. The summed E-state index contributed by atoms with van der Waals surface area (Å²) in [4.78, 5) is 11.4. The lowest BCUT2D eigenvalue weighted by atomic mass is 9.68. The number of esters is 1. The topological polar surface area (TPSA) is 51.5 Å². The highest BCUT2D eigenvalue weighted by molar-refractivity contribution is 5.88. The van der Waals surface area contributed by atoms with Gasteiger partial charge in [-0.1, -0.05) is 20.8 Å². The maximum Gasteiger partial charge on any atom is 0.341 e. The van der Waals surface area contributed by atoms with Gasteiger partial charge in [0.05, 0.1) is 19.2 Å². The van der Waals surface area contributed by atoms with Crippen LogP contribution < -0.4 is 5.32 Å². The zero-order valence-corrected chi connectivity index (χ0v) is 13.4. The molecule has 0 spiro atoms. The Labute approximate surface area is 126 Å². The number of ether oxygens (including phenoxy) is 1. The van der Waals surface area contributed by atoms with Crippen LogP contribution in [-0.2, 0) is 11.3 Å².